The lowest BCUT2D eigenvalue weighted by Gasteiger charge is -2.40. The van der Waals surface area contributed by atoms with Crippen LogP contribution < -0.4 is 21.5 Å². The van der Waals surface area contributed by atoms with E-state index in [1.807, 2.05) is 0 Å². The predicted molar refractivity (Wildman–Crippen MR) is 145 cm³/mol. The monoisotopic (exact) mass is 692 g/mol. The first-order valence-corrected chi connectivity index (χ1v) is 13.7. The average Bonchev–Trinajstić information content (AvgIpc) is 3.26. The third-order valence-corrected chi connectivity index (χ3v) is 7.16. The highest BCUT2D eigenvalue weighted by molar-refractivity contribution is 5.93. The summed E-state index contributed by atoms with van der Waals surface area (Å²) in [6.07, 6.45) is -4.94. The Bertz CT molecular complexity index is 1440. The summed E-state index contributed by atoms with van der Waals surface area (Å²) in [5.74, 6) is -4.33. The van der Waals surface area contributed by atoms with Gasteiger partial charge in [0.15, 0.2) is 30.7 Å². The molecule has 7 atom stereocenters. The Labute approximate surface area is 269 Å². The molecule has 0 bridgehead atoms. The highest BCUT2D eigenvalue weighted by atomic mass is 79.9. The molecule has 2 saturated heterocycles. The van der Waals surface area contributed by atoms with Crippen LogP contribution in [0.1, 0.15) is 55.4 Å². The van der Waals surface area contributed by atoms with E-state index in [4.69, 9.17) is 28.4 Å². The first-order chi connectivity index (χ1) is 20.9. The van der Waals surface area contributed by atoms with Crippen molar-refractivity contribution in [3.63, 3.8) is 0 Å². The summed E-state index contributed by atoms with van der Waals surface area (Å²) >= 11 is 0. The van der Waals surface area contributed by atoms with E-state index in [1.54, 1.807) is 61.9 Å². The molecular formula is C30H33BrN2O12. The summed E-state index contributed by atoms with van der Waals surface area (Å²) in [6, 6.07) is 11.1. The molecular weight excluding hydrogens is 660 g/mol. The van der Waals surface area contributed by atoms with Crippen molar-refractivity contribution in [2.24, 2.45) is 0 Å². The second-order valence-corrected chi connectivity index (χ2v) is 10.2. The highest BCUT2D eigenvalue weighted by Gasteiger charge is 2.58. The number of carbonyl (C=O) groups is 6. The van der Waals surface area contributed by atoms with E-state index in [0.29, 0.717) is 11.1 Å². The normalized spacial score (nSPS) is 25.8. The fraction of sp³-hybridized carbons (Fsp3) is 0.433. The lowest BCUT2D eigenvalue weighted by Crippen LogP contribution is -3.00. The number of amides is 1. The highest BCUT2D eigenvalue weighted by Crippen LogP contribution is 2.35. The number of pyridine rings is 1. The zero-order valence-corrected chi connectivity index (χ0v) is 26.7. The van der Waals surface area contributed by atoms with Gasteiger partial charge in [-0.1, -0.05) is 18.2 Å². The first-order valence-electron chi connectivity index (χ1n) is 13.7. The van der Waals surface area contributed by atoms with E-state index in [0.717, 1.165) is 27.9 Å². The van der Waals surface area contributed by atoms with Crippen LogP contribution >= 0.6 is 0 Å². The van der Waals surface area contributed by atoms with Gasteiger partial charge in [-0.15, -0.1) is 0 Å². The van der Waals surface area contributed by atoms with Gasteiger partial charge in [0.2, 0.25) is 12.2 Å². The second kappa shape index (κ2) is 15.1. The molecule has 7 unspecified atom stereocenters. The van der Waals surface area contributed by atoms with Crippen molar-refractivity contribution in [1.82, 2.24) is 4.90 Å². The second-order valence-electron chi connectivity index (χ2n) is 10.2. The maximum Gasteiger partial charge on any atom is 0.339 e. The molecule has 1 aromatic heterocycles. The molecule has 2 aliphatic rings. The van der Waals surface area contributed by atoms with Gasteiger partial charge in [0.1, 0.15) is 0 Å². The lowest BCUT2D eigenvalue weighted by atomic mass is 9.96. The van der Waals surface area contributed by atoms with Crippen molar-refractivity contribution in [1.29, 1.82) is 0 Å². The van der Waals surface area contributed by atoms with E-state index >= 15 is 0 Å². The molecule has 2 fully saturated rings. The maximum absolute atomic E-state index is 13.1. The molecule has 0 radical (unpaired) electrons. The minimum atomic E-state index is -1.57. The SMILES string of the molecule is COC(=O)C1OC([n+]2cccc(C3CC(OC(=O)c4ccccc4)C(=O)N3C)c2)C(OC(C)=O)C(OC(C)=O)C1OC(C)=O.[Br-]. The summed E-state index contributed by atoms with van der Waals surface area (Å²) in [5.41, 5.74) is 0.900. The molecule has 2 aromatic rings. The number of carbonyl (C=O) groups excluding carboxylic acids is 6. The summed E-state index contributed by atoms with van der Waals surface area (Å²) < 4.78 is 34.2. The molecule has 15 heteroatoms. The number of methoxy groups -OCH3 is 1. The molecule has 45 heavy (non-hydrogen) atoms. The van der Waals surface area contributed by atoms with E-state index in [9.17, 15) is 28.8 Å². The Morgan fingerprint density at radius 2 is 1.44 bits per heavy atom. The topological polar surface area (TPSA) is 165 Å². The van der Waals surface area contributed by atoms with Gasteiger partial charge < -0.3 is 45.6 Å². The molecule has 0 N–H and O–H groups in total. The van der Waals surface area contributed by atoms with Crippen LogP contribution in [0.15, 0.2) is 54.9 Å². The minimum Gasteiger partial charge on any atom is -1.00 e. The van der Waals surface area contributed by atoms with Gasteiger partial charge in [0.05, 0.1) is 18.7 Å². The number of nitrogens with zero attached hydrogens (tertiary/aromatic N) is 2. The summed E-state index contributed by atoms with van der Waals surface area (Å²) in [6.45, 7) is 3.33. The van der Waals surface area contributed by atoms with Crippen LogP contribution in [0.4, 0.5) is 0 Å². The fourth-order valence-electron chi connectivity index (χ4n) is 5.27. The number of halogens is 1. The first kappa shape index (κ1) is 35.1. The smallest absolute Gasteiger partial charge is 0.339 e. The van der Waals surface area contributed by atoms with E-state index in [-0.39, 0.29) is 23.4 Å². The van der Waals surface area contributed by atoms with Gasteiger partial charge in [-0.2, -0.15) is 4.57 Å². The number of aromatic nitrogens is 1. The van der Waals surface area contributed by atoms with Gasteiger partial charge in [0, 0.05) is 45.9 Å². The number of benzene rings is 1. The number of esters is 5. The number of hydrogen-bond donors (Lipinski definition) is 0. The van der Waals surface area contributed by atoms with Gasteiger partial charge in [-0.3, -0.25) is 23.9 Å². The van der Waals surface area contributed by atoms with E-state index in [1.165, 1.54) is 9.47 Å². The van der Waals surface area contributed by atoms with Crippen LogP contribution in [-0.2, 0) is 52.4 Å². The molecule has 1 amide bonds. The quantitative estimate of drug-likeness (QED) is 0.170. The molecule has 4 rings (SSSR count). The van der Waals surface area contributed by atoms with Crippen molar-refractivity contribution < 1.29 is 78.7 Å². The van der Waals surface area contributed by atoms with Gasteiger partial charge in [0.25, 0.3) is 5.91 Å². The van der Waals surface area contributed by atoms with Crippen LogP contribution in [0.5, 0.6) is 0 Å². The van der Waals surface area contributed by atoms with E-state index in [2.05, 4.69) is 0 Å². The minimum absolute atomic E-state index is 0. The lowest BCUT2D eigenvalue weighted by molar-refractivity contribution is -0.776. The summed E-state index contributed by atoms with van der Waals surface area (Å²) in [5, 5.41) is 0. The van der Waals surface area contributed by atoms with Crippen molar-refractivity contribution >= 4 is 35.8 Å². The van der Waals surface area contributed by atoms with Crippen molar-refractivity contribution in [2.45, 2.75) is 70.0 Å². The average molecular weight is 694 g/mol. The molecule has 1 aromatic carbocycles. The van der Waals surface area contributed by atoms with Crippen LogP contribution in [0.25, 0.3) is 0 Å². The van der Waals surface area contributed by atoms with Crippen LogP contribution in [-0.4, -0.2) is 85.3 Å². The molecule has 242 valence electrons. The molecule has 2 aliphatic heterocycles. The number of likely N-dealkylation sites (N-methyl/N-ethyl adjacent to an activating group) is 1. The van der Waals surface area contributed by atoms with Crippen molar-refractivity contribution in [3.8, 4) is 0 Å². The fourth-order valence-corrected chi connectivity index (χ4v) is 5.27. The Hall–Kier alpha value is -4.37. The van der Waals surface area contributed by atoms with Gasteiger partial charge in [-0.05, 0) is 18.2 Å². The van der Waals surface area contributed by atoms with Gasteiger partial charge in [-0.25, -0.2) is 9.59 Å². The largest absolute Gasteiger partial charge is 1.00 e. The van der Waals surface area contributed by atoms with Crippen molar-refractivity contribution in [2.75, 3.05) is 14.2 Å². The van der Waals surface area contributed by atoms with Crippen LogP contribution in [0, 0.1) is 0 Å². The Kier molecular flexibility index (Phi) is 11.8. The summed E-state index contributed by atoms with van der Waals surface area (Å²) in [7, 11) is 2.68. The van der Waals surface area contributed by atoms with Crippen LogP contribution in [0.2, 0.25) is 0 Å². The third kappa shape index (κ3) is 8.02. The van der Waals surface area contributed by atoms with Crippen LogP contribution in [0.3, 0.4) is 0 Å². The number of rotatable bonds is 8. The molecule has 0 saturated carbocycles. The number of likely N-dealkylation sites (tertiary alicyclic amines) is 1. The zero-order valence-electron chi connectivity index (χ0n) is 25.1. The maximum atomic E-state index is 13.1. The predicted octanol–water partition coefficient (Wildman–Crippen LogP) is -2.03. The standard InChI is InChI=1S/C30H33N2O12.BrH/c1-16(33)40-23-24(41-17(2)34)26(30(38)39-5)44-28(25(23)42-18(3)35)32-13-9-12-20(15-32)21-14-22(27(36)31(21)4)43-29(37)19-10-7-6-8-11-19;/h6-13,15,21-26,28H,14H2,1-5H3;1H/q+1;/p-1. The Balaban J connectivity index is 0.00000552. The number of ether oxygens (including phenoxy) is 6. The van der Waals surface area contributed by atoms with E-state index < -0.39 is 78.5 Å². The molecule has 0 aliphatic carbocycles. The molecule has 0 spiro atoms. The molecule has 14 nitrogen and oxygen atoms in total. The molecule has 3 heterocycles. The third-order valence-electron chi connectivity index (χ3n) is 7.16. The number of hydrogen-bond acceptors (Lipinski definition) is 12. The Morgan fingerprint density at radius 3 is 2.04 bits per heavy atom. The summed E-state index contributed by atoms with van der Waals surface area (Å²) in [4.78, 5) is 76.2. The zero-order chi connectivity index (χ0) is 32.1. The van der Waals surface area contributed by atoms with Gasteiger partial charge >= 0.3 is 36.1 Å². The Morgan fingerprint density at radius 1 is 0.844 bits per heavy atom. The van der Waals surface area contributed by atoms with Crippen molar-refractivity contribution in [3.05, 3.63) is 66.0 Å².